The summed E-state index contributed by atoms with van der Waals surface area (Å²) in [6, 6.07) is 30.5. The third-order valence-corrected chi connectivity index (χ3v) is 14.3. The van der Waals surface area contributed by atoms with Gasteiger partial charge in [0, 0.05) is 85.5 Å². The molecule has 0 saturated carbocycles. The summed E-state index contributed by atoms with van der Waals surface area (Å²) in [5.41, 5.74) is 10.2. The summed E-state index contributed by atoms with van der Waals surface area (Å²) in [7, 11) is 23.1. The van der Waals surface area contributed by atoms with Crippen molar-refractivity contribution in [2.45, 2.75) is 69.7 Å². The quantitative estimate of drug-likeness (QED) is 0.214. The van der Waals surface area contributed by atoms with Crippen LogP contribution in [0.2, 0.25) is 0 Å². The number of aryl methyl sites for hydroxylation is 17. The van der Waals surface area contributed by atoms with Crippen molar-refractivity contribution in [3.8, 4) is 5.75 Å². The van der Waals surface area contributed by atoms with Gasteiger partial charge >= 0.3 is 11.4 Å². The first-order chi connectivity index (χ1) is 36.2. The Labute approximate surface area is 467 Å². The minimum absolute atomic E-state index is 0. The van der Waals surface area contributed by atoms with Gasteiger partial charge in [-0.05, 0) is 71.4 Å². The largest absolute Gasteiger partial charge is 0.508 e. The zero-order valence-electron chi connectivity index (χ0n) is 49.8. The summed E-state index contributed by atoms with van der Waals surface area (Å²) in [4.78, 5) is 22.5. The Bertz CT molecular complexity index is 3520. The van der Waals surface area contributed by atoms with Crippen LogP contribution in [0, 0.1) is 62.3 Å². The number of aromatic hydroxyl groups is 1. The van der Waals surface area contributed by atoms with Gasteiger partial charge in [-0.25, -0.2) is 22.8 Å². The molecule has 2 aromatic carbocycles. The fraction of sp³-hybridized carbons (Fsp3) is 0.361. The fourth-order valence-electron chi connectivity index (χ4n) is 7.19. The van der Waals surface area contributed by atoms with Gasteiger partial charge in [-0.2, -0.15) is 32.5 Å². The van der Waals surface area contributed by atoms with E-state index in [9.17, 15) is 14.7 Å². The van der Waals surface area contributed by atoms with Crippen LogP contribution in [0.3, 0.4) is 0 Å². The zero-order valence-corrected chi connectivity index (χ0v) is 50.6. The van der Waals surface area contributed by atoms with Gasteiger partial charge in [0.15, 0.2) is 43.7 Å². The van der Waals surface area contributed by atoms with E-state index in [-0.39, 0.29) is 18.8 Å². The molecule has 0 unspecified atom stereocenters. The summed E-state index contributed by atoms with van der Waals surface area (Å²) in [5, 5.41) is 16.0. The second-order valence-corrected chi connectivity index (χ2v) is 20.4. The Balaban J connectivity index is 0.000000306. The predicted octanol–water partition coefficient (Wildman–Crippen LogP) is 5.04. The van der Waals surface area contributed by atoms with E-state index < -0.39 is 0 Å². The molecule has 0 saturated heterocycles. The van der Waals surface area contributed by atoms with E-state index in [1.807, 2.05) is 190 Å². The number of pyridine rings is 3. The van der Waals surface area contributed by atoms with Crippen molar-refractivity contribution in [3.05, 3.63) is 212 Å². The van der Waals surface area contributed by atoms with Crippen LogP contribution in [0.15, 0.2) is 150 Å². The molecule has 0 amide bonds. The van der Waals surface area contributed by atoms with Crippen LogP contribution in [0.1, 0.15) is 57.7 Å². The first-order valence-electron chi connectivity index (χ1n) is 25.3. The maximum atomic E-state index is 11.3. The van der Waals surface area contributed by atoms with Crippen molar-refractivity contribution >= 4 is 32.5 Å². The second-order valence-electron chi connectivity index (χ2n) is 19.2. The number of nitrogens with zero attached hydrogens (tertiary/aromatic N) is 13. The molecule has 0 aliphatic heterocycles. The number of benzene rings is 2. The molecular formula is C61H91N13O3S+8. The van der Waals surface area contributed by atoms with Crippen LogP contribution in [-0.4, -0.2) is 28.7 Å². The highest BCUT2D eigenvalue weighted by molar-refractivity contribution is 7.18. The molecule has 8 aromatic heterocycles. The molecular weight excluding hydrogens is 995 g/mol. The zero-order chi connectivity index (χ0) is 57.8. The summed E-state index contributed by atoms with van der Waals surface area (Å²) in [6.45, 7) is 18.1. The Morgan fingerprint density at radius 3 is 1.64 bits per heavy atom. The third kappa shape index (κ3) is 19.5. The first-order valence-corrected chi connectivity index (χ1v) is 26.1. The second kappa shape index (κ2) is 31.2. The van der Waals surface area contributed by atoms with Gasteiger partial charge in [0.25, 0.3) is 6.33 Å². The average molecular weight is 1090 g/mol. The maximum Gasteiger partial charge on any atom is 0.497 e. The van der Waals surface area contributed by atoms with Crippen LogP contribution in [0.5, 0.6) is 5.75 Å². The minimum Gasteiger partial charge on any atom is -0.508 e. The van der Waals surface area contributed by atoms with Gasteiger partial charge in [0.2, 0.25) is 22.5 Å². The van der Waals surface area contributed by atoms with Crippen molar-refractivity contribution in [3.63, 3.8) is 0 Å². The number of hydrogen-bond donors (Lipinski definition) is 1. The van der Waals surface area contributed by atoms with Crippen molar-refractivity contribution in [2.24, 2.45) is 84.6 Å². The molecule has 0 bridgehead atoms. The van der Waals surface area contributed by atoms with E-state index in [2.05, 4.69) is 104 Å². The van der Waals surface area contributed by atoms with Crippen LogP contribution in [0.4, 0.5) is 0 Å². The maximum absolute atomic E-state index is 11.3. The number of thiazole rings is 1. The van der Waals surface area contributed by atoms with Gasteiger partial charge < -0.3 is 5.11 Å². The fourth-order valence-corrected chi connectivity index (χ4v) is 8.20. The number of fused-ring (bicyclic) bond motifs is 2. The van der Waals surface area contributed by atoms with E-state index in [0.29, 0.717) is 5.75 Å². The van der Waals surface area contributed by atoms with Crippen molar-refractivity contribution in [1.29, 1.82) is 0 Å². The molecule has 8 heterocycles. The topological polar surface area (TPSA) is 118 Å². The summed E-state index contributed by atoms with van der Waals surface area (Å²) < 4.78 is 24.0. The number of aromatic nitrogens is 13. The minimum atomic E-state index is 0. The van der Waals surface area contributed by atoms with Gasteiger partial charge in [0.05, 0.1) is 60.9 Å². The lowest BCUT2D eigenvalue weighted by Crippen LogP contribution is -2.53. The Morgan fingerprint density at radius 2 is 1.15 bits per heavy atom. The van der Waals surface area contributed by atoms with Crippen LogP contribution in [-0.2, 0) is 84.6 Å². The monoisotopic (exact) mass is 1090 g/mol. The third-order valence-electron chi connectivity index (χ3n) is 13.1. The first kappa shape index (κ1) is 66.1. The normalized spacial score (nSPS) is 9.91. The van der Waals surface area contributed by atoms with Crippen LogP contribution < -0.4 is 48.0 Å². The molecule has 0 fully saturated rings. The molecule has 0 atom stereocenters. The molecule has 0 spiro atoms. The van der Waals surface area contributed by atoms with Gasteiger partial charge in [-0.3, -0.25) is 0 Å². The highest BCUT2D eigenvalue weighted by Crippen LogP contribution is 2.24. The molecule has 10 aromatic rings. The lowest BCUT2D eigenvalue weighted by molar-refractivity contribution is -0.748. The smallest absolute Gasteiger partial charge is 0.497 e. The van der Waals surface area contributed by atoms with Crippen LogP contribution >= 0.6 is 11.3 Å². The lowest BCUT2D eigenvalue weighted by Gasteiger charge is -1.99. The lowest BCUT2D eigenvalue weighted by atomic mass is 10.1. The molecule has 0 aliphatic rings. The molecule has 10 rings (SSSR count). The average Bonchev–Trinajstić information content (AvgIpc) is 4.00. The SMILES string of the molecule is C.Cc1c(O)ccc2c[n+](C)n(C)c12.Cc1cc(C)[n+](C)c(=O)n1C.Cc1cc[n+](C)c(=O)n1C.Cc1cc[n+](C)cc1.Cc1ccc[n+](C)c1.Cc1cccc[n+]1C.Cc1n(C)nc[n+]1C.Cc1sc2ccccc2[n+]1C. The molecule has 416 valence electrons. The van der Waals surface area contributed by atoms with Crippen molar-refractivity contribution in [2.75, 3.05) is 0 Å². The standard InChI is InChI=1S/C10H12N2O.C9H10NS.C8H13N2O.C7H11N2O.3C7H10N.C5H10N3.CH4/c1-7-9(13)5-4-8-6-11(2)12(3)10(7)8;1-7-10(2)8-5-3-4-6-9(8)11-7;1-6-5-7(2)10(4)8(11)9(6)3;1-6-4-5-8(2)7(10)9(6)3;1-7-3-5-8(2)6-4-7;1-7-4-3-5-8(2)6-7;1-7-5-3-4-6-8(7)2;1-5-7(2)4-6-8(5)3;/h4-6H,1-3H3;3-6H,1-2H3;5H,1-4H3;4-5H,1-3H3;3*3-6H,1-2H3;4H,1-3H3;1H4/q;7*+1;/p+1. The molecule has 0 radical (unpaired) electrons. The summed E-state index contributed by atoms with van der Waals surface area (Å²) in [5.74, 6) is 1.51. The van der Waals surface area contributed by atoms with E-state index in [0.717, 1.165) is 39.4 Å². The number of rotatable bonds is 0. The molecule has 17 heteroatoms. The van der Waals surface area contributed by atoms with E-state index in [4.69, 9.17) is 0 Å². The highest BCUT2D eigenvalue weighted by atomic mass is 32.1. The number of para-hydroxylation sites is 1. The Kier molecular flexibility index (Phi) is 26.5. The van der Waals surface area contributed by atoms with Gasteiger partial charge in [-0.15, -0.1) is 9.36 Å². The molecule has 0 aliphatic carbocycles. The predicted molar refractivity (Wildman–Crippen MR) is 311 cm³/mol. The number of phenols is 1. The summed E-state index contributed by atoms with van der Waals surface area (Å²) in [6.07, 6.45) is 15.8. The highest BCUT2D eigenvalue weighted by Gasteiger charge is 2.14. The van der Waals surface area contributed by atoms with E-state index >= 15 is 0 Å². The van der Waals surface area contributed by atoms with Crippen molar-refractivity contribution in [1.82, 2.24) is 23.6 Å². The number of phenolic OH excluding ortho intramolecular Hbond substituents is 1. The van der Waals surface area contributed by atoms with Gasteiger partial charge in [-0.1, -0.05) is 37.0 Å². The molecule has 16 nitrogen and oxygen atoms in total. The molecule has 1 N–H and O–H groups in total. The van der Waals surface area contributed by atoms with Crippen molar-refractivity contribution < 1.29 is 41.8 Å². The molecule has 78 heavy (non-hydrogen) atoms. The van der Waals surface area contributed by atoms with E-state index in [1.165, 1.54) is 32.0 Å². The Morgan fingerprint density at radius 1 is 0.538 bits per heavy atom. The summed E-state index contributed by atoms with van der Waals surface area (Å²) >= 11 is 1.84. The number of hydrogen-bond acceptors (Lipinski definition) is 5. The van der Waals surface area contributed by atoms with Crippen LogP contribution in [0.25, 0.3) is 21.1 Å². The van der Waals surface area contributed by atoms with Gasteiger partial charge in [0.1, 0.15) is 61.2 Å². The van der Waals surface area contributed by atoms with E-state index in [1.54, 1.807) is 65.0 Å². The Hall–Kier alpha value is -8.05.